The van der Waals surface area contributed by atoms with Crippen LogP contribution in [0.15, 0.2) is 77.7 Å². The molecule has 0 spiro atoms. The summed E-state index contributed by atoms with van der Waals surface area (Å²) in [6.07, 6.45) is -0.668. The highest BCUT2D eigenvalue weighted by Gasteiger charge is 2.45. The Morgan fingerprint density at radius 1 is 0.941 bits per heavy atom. The maximum Gasteiger partial charge on any atom is 0.324 e. The van der Waals surface area contributed by atoms with Gasteiger partial charge in [0.05, 0.1) is 25.7 Å². The summed E-state index contributed by atoms with van der Waals surface area (Å²) in [5.41, 5.74) is 1.73. The molecule has 0 amide bonds. The predicted octanol–water partition coefficient (Wildman–Crippen LogP) is 3.88. The van der Waals surface area contributed by atoms with Gasteiger partial charge in [-0.15, -0.1) is 0 Å². The van der Waals surface area contributed by atoms with Gasteiger partial charge in [-0.05, 0) is 47.5 Å². The van der Waals surface area contributed by atoms with E-state index in [1.165, 1.54) is 37.4 Å². The molecule has 1 aliphatic rings. The number of para-hydroxylation sites is 1. The van der Waals surface area contributed by atoms with Crippen LogP contribution >= 0.6 is 0 Å². The van der Waals surface area contributed by atoms with Gasteiger partial charge in [0.2, 0.25) is 10.0 Å². The van der Waals surface area contributed by atoms with Crippen LogP contribution in [0.5, 0.6) is 11.5 Å². The highest BCUT2D eigenvalue weighted by atomic mass is 32.2. The zero-order valence-electron chi connectivity index (χ0n) is 18.7. The first kappa shape index (κ1) is 23.7. The van der Waals surface area contributed by atoms with Gasteiger partial charge >= 0.3 is 5.97 Å². The topological polar surface area (TPSA) is 82.1 Å². The maximum atomic E-state index is 14.0. The van der Waals surface area contributed by atoms with E-state index in [2.05, 4.69) is 0 Å². The van der Waals surface area contributed by atoms with Crippen LogP contribution in [0.25, 0.3) is 11.1 Å². The van der Waals surface area contributed by atoms with E-state index >= 15 is 0 Å². The van der Waals surface area contributed by atoms with Crippen molar-refractivity contribution < 1.29 is 31.8 Å². The first-order valence-electron chi connectivity index (χ1n) is 10.6. The number of carbonyl (C=O) groups is 1. The average Bonchev–Trinajstić information content (AvgIpc) is 3.30. The molecule has 0 bridgehead atoms. The van der Waals surface area contributed by atoms with E-state index in [1.54, 1.807) is 25.3 Å². The van der Waals surface area contributed by atoms with Crippen LogP contribution in [0, 0.1) is 5.82 Å². The van der Waals surface area contributed by atoms with Gasteiger partial charge < -0.3 is 14.2 Å². The number of hydrogen-bond acceptors (Lipinski definition) is 6. The lowest BCUT2D eigenvalue weighted by Crippen LogP contribution is -2.41. The van der Waals surface area contributed by atoms with Crippen molar-refractivity contribution in [2.24, 2.45) is 0 Å². The Morgan fingerprint density at radius 3 is 2.15 bits per heavy atom. The number of ether oxygens (including phenoxy) is 3. The smallest absolute Gasteiger partial charge is 0.324 e. The third-order valence-corrected chi connectivity index (χ3v) is 7.59. The molecule has 34 heavy (non-hydrogen) atoms. The first-order chi connectivity index (χ1) is 16.3. The van der Waals surface area contributed by atoms with Crippen LogP contribution in [0.1, 0.15) is 6.42 Å². The summed E-state index contributed by atoms with van der Waals surface area (Å²) in [5, 5.41) is 0. The monoisotopic (exact) mass is 485 g/mol. The first-order valence-corrected chi connectivity index (χ1v) is 12.0. The summed E-state index contributed by atoms with van der Waals surface area (Å²) in [7, 11) is -1.27. The lowest BCUT2D eigenvalue weighted by atomic mass is 10.1. The molecule has 9 heteroatoms. The minimum absolute atomic E-state index is 0.000733. The summed E-state index contributed by atoms with van der Waals surface area (Å²) in [6.45, 7) is -0.114. The zero-order valence-corrected chi connectivity index (χ0v) is 19.5. The number of carbonyl (C=O) groups excluding carboxylic acids is 1. The van der Waals surface area contributed by atoms with E-state index in [-0.39, 0.29) is 23.6 Å². The Balaban J connectivity index is 1.58. The molecule has 2 unspecified atom stereocenters. The van der Waals surface area contributed by atoms with Crippen molar-refractivity contribution in [3.63, 3.8) is 0 Å². The van der Waals surface area contributed by atoms with E-state index in [0.29, 0.717) is 0 Å². The zero-order chi connectivity index (χ0) is 24.3. The van der Waals surface area contributed by atoms with Crippen LogP contribution in [0.3, 0.4) is 0 Å². The standard InChI is InChI=1S/C25H24FNO6S/c1-31-19-11-7-17(8-12-19)18-9-13-21(14-10-18)34(29,30)27-16-20(15-23(27)25(28)32-2)33-24-6-4-3-5-22(24)26/h3-14,20,23H,15-16H2,1-2H3. The lowest BCUT2D eigenvalue weighted by Gasteiger charge is -2.22. The van der Waals surface area contributed by atoms with Gasteiger partial charge in [0.25, 0.3) is 0 Å². The Labute approximate surface area is 197 Å². The van der Waals surface area contributed by atoms with E-state index in [9.17, 15) is 17.6 Å². The molecule has 0 saturated carbocycles. The van der Waals surface area contributed by atoms with Crippen molar-refractivity contribution in [2.45, 2.75) is 23.5 Å². The molecule has 1 fully saturated rings. The molecule has 7 nitrogen and oxygen atoms in total. The fourth-order valence-electron chi connectivity index (χ4n) is 3.93. The quantitative estimate of drug-likeness (QED) is 0.473. The Kier molecular flexibility index (Phi) is 6.85. The molecule has 178 valence electrons. The molecule has 3 aromatic carbocycles. The second-order valence-corrected chi connectivity index (χ2v) is 9.66. The molecule has 0 radical (unpaired) electrons. The Hall–Kier alpha value is -3.43. The lowest BCUT2D eigenvalue weighted by molar-refractivity contribution is -0.144. The van der Waals surface area contributed by atoms with Gasteiger partial charge in [-0.25, -0.2) is 12.8 Å². The van der Waals surface area contributed by atoms with E-state index in [0.717, 1.165) is 21.2 Å². The number of rotatable bonds is 7. The summed E-state index contributed by atoms with van der Waals surface area (Å²) in [6, 6.07) is 18.6. The summed E-state index contributed by atoms with van der Waals surface area (Å²) < 4.78 is 57.6. The highest BCUT2D eigenvalue weighted by molar-refractivity contribution is 7.89. The number of sulfonamides is 1. The minimum Gasteiger partial charge on any atom is -0.497 e. The molecule has 0 N–H and O–H groups in total. The van der Waals surface area contributed by atoms with Crippen molar-refractivity contribution in [1.82, 2.24) is 4.31 Å². The second-order valence-electron chi connectivity index (χ2n) is 7.77. The SMILES string of the molecule is COC(=O)C1CC(Oc2ccccc2F)CN1S(=O)(=O)c1ccc(-c2ccc(OC)cc2)cc1. The van der Waals surface area contributed by atoms with Gasteiger partial charge in [-0.2, -0.15) is 4.31 Å². The van der Waals surface area contributed by atoms with Gasteiger partial charge in [0.1, 0.15) is 17.9 Å². The number of benzene rings is 3. The molecule has 0 aliphatic carbocycles. The number of halogens is 1. The summed E-state index contributed by atoms with van der Waals surface area (Å²) in [4.78, 5) is 12.4. The molecule has 2 atom stereocenters. The largest absolute Gasteiger partial charge is 0.497 e. The van der Waals surface area contributed by atoms with Crippen molar-refractivity contribution in [3.05, 3.63) is 78.6 Å². The fraction of sp³-hybridized carbons (Fsp3) is 0.240. The number of esters is 1. The predicted molar refractivity (Wildman–Crippen MR) is 124 cm³/mol. The molecule has 4 rings (SSSR count). The highest BCUT2D eigenvalue weighted by Crippen LogP contribution is 2.31. The Morgan fingerprint density at radius 2 is 1.56 bits per heavy atom. The van der Waals surface area contributed by atoms with Gasteiger partial charge in [0.15, 0.2) is 11.6 Å². The minimum atomic E-state index is -4.05. The molecular weight excluding hydrogens is 461 g/mol. The second kappa shape index (κ2) is 9.82. The number of nitrogens with zero attached hydrogens (tertiary/aromatic N) is 1. The van der Waals surface area contributed by atoms with Crippen LogP contribution < -0.4 is 9.47 Å². The van der Waals surface area contributed by atoms with E-state index < -0.39 is 34.0 Å². The fourth-order valence-corrected chi connectivity index (χ4v) is 5.55. The van der Waals surface area contributed by atoms with Crippen LogP contribution in [0.4, 0.5) is 4.39 Å². The van der Waals surface area contributed by atoms with Gasteiger partial charge in [-0.3, -0.25) is 4.79 Å². The molecule has 1 saturated heterocycles. The molecular formula is C25H24FNO6S. The number of hydrogen-bond donors (Lipinski definition) is 0. The third kappa shape index (κ3) is 4.76. The van der Waals surface area contributed by atoms with E-state index in [1.807, 2.05) is 24.3 Å². The molecule has 0 aromatic heterocycles. The Bertz CT molecular complexity index is 1260. The summed E-state index contributed by atoms with van der Waals surface area (Å²) in [5.74, 6) is -0.539. The number of methoxy groups -OCH3 is 2. The van der Waals surface area contributed by atoms with Crippen LogP contribution in [-0.2, 0) is 19.6 Å². The molecule has 1 aliphatic heterocycles. The van der Waals surface area contributed by atoms with Gasteiger partial charge in [0, 0.05) is 6.42 Å². The average molecular weight is 486 g/mol. The van der Waals surface area contributed by atoms with E-state index in [4.69, 9.17) is 14.2 Å². The molecule has 3 aromatic rings. The third-order valence-electron chi connectivity index (χ3n) is 5.71. The van der Waals surface area contributed by atoms with Crippen molar-refractivity contribution in [3.8, 4) is 22.6 Å². The van der Waals surface area contributed by atoms with Crippen molar-refractivity contribution in [2.75, 3.05) is 20.8 Å². The summed E-state index contributed by atoms with van der Waals surface area (Å²) >= 11 is 0. The van der Waals surface area contributed by atoms with Gasteiger partial charge in [-0.1, -0.05) is 36.4 Å². The van der Waals surface area contributed by atoms with Crippen LogP contribution in [-0.4, -0.2) is 51.6 Å². The van der Waals surface area contributed by atoms with Crippen molar-refractivity contribution in [1.29, 1.82) is 0 Å². The maximum absolute atomic E-state index is 14.0. The molecule has 1 heterocycles. The van der Waals surface area contributed by atoms with Crippen molar-refractivity contribution >= 4 is 16.0 Å². The normalized spacial score (nSPS) is 18.4. The van der Waals surface area contributed by atoms with Crippen LogP contribution in [0.2, 0.25) is 0 Å².